The van der Waals surface area contributed by atoms with Crippen molar-refractivity contribution in [1.82, 2.24) is 0 Å². The average molecular weight is 167 g/mol. The average Bonchev–Trinajstić information content (AvgIpc) is 1.97. The van der Waals surface area contributed by atoms with E-state index in [4.69, 9.17) is 5.73 Å². The number of alkyl halides is 3. The molecule has 0 aromatic carbocycles. The smallest absolute Gasteiger partial charge is 0.248 e. The standard InChI is InChI=1S/C7H12F3N/c8-5-6(11)1-3-7(9,10)4-2-6/h1-5,11H2. The van der Waals surface area contributed by atoms with Gasteiger partial charge in [-0.3, -0.25) is 0 Å². The molecule has 0 aliphatic heterocycles. The van der Waals surface area contributed by atoms with Gasteiger partial charge in [-0.2, -0.15) is 0 Å². The third kappa shape index (κ3) is 2.09. The molecule has 0 unspecified atom stereocenters. The SMILES string of the molecule is NC1(CF)CCC(F)(F)CC1. The highest BCUT2D eigenvalue weighted by Crippen LogP contribution is 2.37. The molecule has 0 aromatic heterocycles. The van der Waals surface area contributed by atoms with Crippen LogP contribution in [-0.2, 0) is 0 Å². The summed E-state index contributed by atoms with van der Waals surface area (Å²) in [5.74, 6) is -2.61. The fraction of sp³-hybridized carbons (Fsp3) is 1.00. The van der Waals surface area contributed by atoms with Crippen LogP contribution in [0.4, 0.5) is 13.2 Å². The third-order valence-corrected chi connectivity index (χ3v) is 2.24. The van der Waals surface area contributed by atoms with Crippen LogP contribution in [0.15, 0.2) is 0 Å². The summed E-state index contributed by atoms with van der Waals surface area (Å²) in [6.07, 6.45) is -0.353. The van der Waals surface area contributed by atoms with Crippen molar-refractivity contribution in [2.75, 3.05) is 6.67 Å². The molecular formula is C7H12F3N. The quantitative estimate of drug-likeness (QED) is 0.633. The predicted molar refractivity (Wildman–Crippen MR) is 36.3 cm³/mol. The first kappa shape index (κ1) is 8.84. The van der Waals surface area contributed by atoms with Crippen LogP contribution < -0.4 is 5.73 Å². The van der Waals surface area contributed by atoms with Gasteiger partial charge in [0.25, 0.3) is 0 Å². The van der Waals surface area contributed by atoms with Crippen LogP contribution >= 0.6 is 0 Å². The number of hydrogen-bond donors (Lipinski definition) is 1. The van der Waals surface area contributed by atoms with Gasteiger partial charge >= 0.3 is 0 Å². The summed E-state index contributed by atoms with van der Waals surface area (Å²) >= 11 is 0. The Bertz CT molecular complexity index is 137. The maximum absolute atomic E-state index is 12.5. The molecule has 1 saturated carbocycles. The fourth-order valence-corrected chi connectivity index (χ4v) is 1.25. The summed E-state index contributed by atoms with van der Waals surface area (Å²) in [5, 5.41) is 0. The van der Waals surface area contributed by atoms with Crippen molar-refractivity contribution in [2.24, 2.45) is 5.73 Å². The normalized spacial score (nSPS) is 28.4. The van der Waals surface area contributed by atoms with E-state index in [1.165, 1.54) is 0 Å². The van der Waals surface area contributed by atoms with Crippen LogP contribution in [0, 0.1) is 0 Å². The topological polar surface area (TPSA) is 26.0 Å². The molecule has 0 saturated heterocycles. The molecule has 0 amide bonds. The molecule has 0 radical (unpaired) electrons. The lowest BCUT2D eigenvalue weighted by atomic mass is 9.82. The highest BCUT2D eigenvalue weighted by atomic mass is 19.3. The molecular weight excluding hydrogens is 155 g/mol. The minimum atomic E-state index is -2.61. The van der Waals surface area contributed by atoms with Crippen molar-refractivity contribution in [2.45, 2.75) is 37.1 Å². The van der Waals surface area contributed by atoms with E-state index < -0.39 is 18.1 Å². The lowest BCUT2D eigenvalue weighted by Crippen LogP contribution is -2.47. The molecule has 66 valence electrons. The van der Waals surface area contributed by atoms with E-state index in [1.54, 1.807) is 0 Å². The van der Waals surface area contributed by atoms with E-state index in [1.807, 2.05) is 0 Å². The maximum atomic E-state index is 12.5. The van der Waals surface area contributed by atoms with Crippen molar-refractivity contribution < 1.29 is 13.2 Å². The summed E-state index contributed by atoms with van der Waals surface area (Å²) in [6, 6.07) is 0. The summed E-state index contributed by atoms with van der Waals surface area (Å²) < 4.78 is 37.2. The Hall–Kier alpha value is -0.250. The van der Waals surface area contributed by atoms with Gasteiger partial charge < -0.3 is 5.73 Å². The zero-order valence-corrected chi connectivity index (χ0v) is 6.25. The molecule has 1 nitrogen and oxygen atoms in total. The van der Waals surface area contributed by atoms with Gasteiger partial charge in [0, 0.05) is 18.4 Å². The second kappa shape index (κ2) is 2.66. The van der Waals surface area contributed by atoms with Gasteiger partial charge in [0.1, 0.15) is 6.67 Å². The van der Waals surface area contributed by atoms with Gasteiger partial charge in [0.2, 0.25) is 5.92 Å². The van der Waals surface area contributed by atoms with Gasteiger partial charge in [-0.25, -0.2) is 13.2 Å². The van der Waals surface area contributed by atoms with Crippen LogP contribution in [0.1, 0.15) is 25.7 Å². The Morgan fingerprint density at radius 3 is 1.91 bits per heavy atom. The minimum Gasteiger partial charge on any atom is -0.323 e. The molecule has 1 aliphatic carbocycles. The molecule has 4 heteroatoms. The summed E-state index contributed by atoms with van der Waals surface area (Å²) in [5.41, 5.74) is 4.50. The van der Waals surface area contributed by atoms with Gasteiger partial charge in [-0.15, -0.1) is 0 Å². The highest BCUT2D eigenvalue weighted by molar-refractivity contribution is 4.92. The second-order valence-electron chi connectivity index (χ2n) is 3.35. The Labute approximate surface area is 63.8 Å². The number of hydrogen-bond acceptors (Lipinski definition) is 1. The first-order chi connectivity index (χ1) is 4.97. The van der Waals surface area contributed by atoms with Gasteiger partial charge in [-0.05, 0) is 12.8 Å². The number of rotatable bonds is 1. The zero-order valence-electron chi connectivity index (χ0n) is 6.25. The fourth-order valence-electron chi connectivity index (χ4n) is 1.25. The Morgan fingerprint density at radius 1 is 1.09 bits per heavy atom. The van der Waals surface area contributed by atoms with Crippen molar-refractivity contribution >= 4 is 0 Å². The third-order valence-electron chi connectivity index (χ3n) is 2.24. The largest absolute Gasteiger partial charge is 0.323 e. The van der Waals surface area contributed by atoms with E-state index in [-0.39, 0.29) is 25.7 Å². The van der Waals surface area contributed by atoms with Crippen molar-refractivity contribution in [1.29, 1.82) is 0 Å². The minimum absolute atomic E-state index is 0.0938. The molecule has 0 spiro atoms. The Kier molecular flexibility index (Phi) is 2.14. The summed E-state index contributed by atoms with van der Waals surface area (Å²) in [4.78, 5) is 0. The molecule has 0 heterocycles. The molecule has 0 bridgehead atoms. The van der Waals surface area contributed by atoms with Crippen molar-refractivity contribution in [3.05, 3.63) is 0 Å². The summed E-state index contributed by atoms with van der Waals surface area (Å²) in [7, 11) is 0. The zero-order chi connectivity index (χ0) is 8.54. The van der Waals surface area contributed by atoms with Crippen molar-refractivity contribution in [3.8, 4) is 0 Å². The van der Waals surface area contributed by atoms with E-state index in [0.717, 1.165) is 0 Å². The van der Waals surface area contributed by atoms with Crippen LogP contribution in [0.3, 0.4) is 0 Å². The molecule has 0 aromatic rings. The van der Waals surface area contributed by atoms with Crippen molar-refractivity contribution in [3.63, 3.8) is 0 Å². The summed E-state index contributed by atoms with van der Waals surface area (Å²) in [6.45, 7) is -0.691. The van der Waals surface area contributed by atoms with E-state index >= 15 is 0 Å². The lowest BCUT2D eigenvalue weighted by molar-refractivity contribution is -0.0531. The van der Waals surface area contributed by atoms with Gasteiger partial charge in [-0.1, -0.05) is 0 Å². The van der Waals surface area contributed by atoms with Gasteiger partial charge in [0.05, 0.1) is 0 Å². The molecule has 2 N–H and O–H groups in total. The van der Waals surface area contributed by atoms with Crippen LogP contribution in [0.5, 0.6) is 0 Å². The first-order valence-corrected chi connectivity index (χ1v) is 3.70. The van der Waals surface area contributed by atoms with E-state index in [0.29, 0.717) is 0 Å². The van der Waals surface area contributed by atoms with E-state index in [2.05, 4.69) is 0 Å². The molecule has 1 fully saturated rings. The van der Waals surface area contributed by atoms with E-state index in [9.17, 15) is 13.2 Å². The first-order valence-electron chi connectivity index (χ1n) is 3.70. The Balaban J connectivity index is 2.48. The van der Waals surface area contributed by atoms with Crippen LogP contribution in [0.2, 0.25) is 0 Å². The van der Waals surface area contributed by atoms with Crippen LogP contribution in [-0.4, -0.2) is 18.1 Å². The molecule has 1 aliphatic rings. The monoisotopic (exact) mass is 167 g/mol. The lowest BCUT2D eigenvalue weighted by Gasteiger charge is -2.34. The maximum Gasteiger partial charge on any atom is 0.248 e. The number of nitrogens with two attached hydrogens (primary N) is 1. The Morgan fingerprint density at radius 2 is 1.55 bits per heavy atom. The second-order valence-corrected chi connectivity index (χ2v) is 3.35. The predicted octanol–water partition coefficient (Wildman–Crippen LogP) is 1.86. The molecule has 0 atom stereocenters. The molecule has 1 rings (SSSR count). The van der Waals surface area contributed by atoms with Gasteiger partial charge in [0.15, 0.2) is 0 Å². The molecule has 11 heavy (non-hydrogen) atoms. The number of halogens is 3. The van der Waals surface area contributed by atoms with Crippen LogP contribution in [0.25, 0.3) is 0 Å². The highest BCUT2D eigenvalue weighted by Gasteiger charge is 2.41.